The van der Waals surface area contributed by atoms with Crippen molar-refractivity contribution in [3.05, 3.63) is 23.8 Å². The number of ether oxygens (including phenoxy) is 4. The third-order valence-corrected chi connectivity index (χ3v) is 4.35. The van der Waals surface area contributed by atoms with Crippen LogP contribution in [0.3, 0.4) is 0 Å². The second kappa shape index (κ2) is 9.28. The number of aliphatic imine (C=N–C) groups is 1. The Bertz CT molecular complexity index is 662. The van der Waals surface area contributed by atoms with Gasteiger partial charge in [0.2, 0.25) is 0 Å². The first-order valence-electron chi connectivity index (χ1n) is 7.44. The van der Waals surface area contributed by atoms with Gasteiger partial charge in [0.25, 0.3) is 0 Å². The predicted octanol–water partition coefficient (Wildman–Crippen LogP) is 0.996. The molecule has 1 aliphatic heterocycles. The fourth-order valence-electron chi connectivity index (χ4n) is 1.99. The molecule has 1 heterocycles. The van der Waals surface area contributed by atoms with Crippen LogP contribution in [0.4, 0.5) is 0 Å². The van der Waals surface area contributed by atoms with Crippen LogP contribution >= 0.6 is 11.8 Å². The van der Waals surface area contributed by atoms with Gasteiger partial charge in [0.05, 0.1) is 20.8 Å². The number of carbonyl (C=O) groups excluding carboxylic acids is 2. The molecule has 0 radical (unpaired) electrons. The van der Waals surface area contributed by atoms with Crippen LogP contribution in [0.1, 0.15) is 5.56 Å². The number of methoxy groups -OCH3 is 2. The Morgan fingerprint density at radius 3 is 2.76 bits per heavy atom. The summed E-state index contributed by atoms with van der Waals surface area (Å²) < 4.78 is 19.6. The highest BCUT2D eigenvalue weighted by Crippen LogP contribution is 2.31. The van der Waals surface area contributed by atoms with E-state index in [1.54, 1.807) is 12.1 Å². The zero-order valence-corrected chi connectivity index (χ0v) is 14.7. The molecule has 1 unspecified atom stereocenters. The zero-order valence-electron chi connectivity index (χ0n) is 13.9. The van der Waals surface area contributed by atoms with Crippen LogP contribution in [0.15, 0.2) is 23.2 Å². The quantitative estimate of drug-likeness (QED) is 0.535. The number of benzene rings is 1. The Balaban J connectivity index is 1.88. The topological polar surface area (TPSA) is 104 Å². The predicted molar refractivity (Wildman–Crippen MR) is 91.2 cm³/mol. The highest BCUT2D eigenvalue weighted by molar-refractivity contribution is 8.14. The van der Waals surface area contributed by atoms with Gasteiger partial charge in [-0.25, -0.2) is 9.59 Å². The standard InChI is InChI=1S/C16H19NO7S/c1-21-14(19)8-23-5-6-24-10-3-4-11(13(18)7-10)15-17-12(9-25-15)16(20)22-2/h3-4,7,12,18H,5-6,8-9H2,1-2H3. The van der Waals surface area contributed by atoms with Crippen molar-refractivity contribution in [1.29, 1.82) is 0 Å². The number of rotatable bonds is 8. The molecule has 0 amide bonds. The molecule has 1 aliphatic rings. The van der Waals surface area contributed by atoms with E-state index in [1.807, 2.05) is 0 Å². The zero-order chi connectivity index (χ0) is 18.2. The van der Waals surface area contributed by atoms with Crippen molar-refractivity contribution in [2.75, 3.05) is 39.8 Å². The first kappa shape index (κ1) is 19.1. The van der Waals surface area contributed by atoms with Crippen LogP contribution in [0.2, 0.25) is 0 Å². The molecule has 9 heteroatoms. The monoisotopic (exact) mass is 369 g/mol. The van der Waals surface area contributed by atoms with E-state index in [4.69, 9.17) is 9.47 Å². The molecule has 0 saturated heterocycles. The van der Waals surface area contributed by atoms with Crippen molar-refractivity contribution in [3.8, 4) is 11.5 Å². The average Bonchev–Trinajstić information content (AvgIpc) is 3.10. The fourth-order valence-corrected chi connectivity index (χ4v) is 3.05. The Morgan fingerprint density at radius 2 is 2.08 bits per heavy atom. The summed E-state index contributed by atoms with van der Waals surface area (Å²) >= 11 is 1.38. The molecular formula is C16H19NO7S. The van der Waals surface area contributed by atoms with Gasteiger partial charge in [-0.15, -0.1) is 11.8 Å². The summed E-state index contributed by atoms with van der Waals surface area (Å²) in [6, 6.07) is 4.27. The number of esters is 2. The lowest BCUT2D eigenvalue weighted by molar-refractivity contribution is -0.146. The second-order valence-electron chi connectivity index (χ2n) is 4.94. The van der Waals surface area contributed by atoms with Crippen molar-refractivity contribution < 1.29 is 33.6 Å². The minimum atomic E-state index is -0.549. The van der Waals surface area contributed by atoms with Crippen LogP contribution < -0.4 is 4.74 Å². The first-order chi connectivity index (χ1) is 12.0. The fraction of sp³-hybridized carbons (Fsp3) is 0.438. The molecule has 1 atom stereocenters. The van der Waals surface area contributed by atoms with Crippen LogP contribution in [-0.2, 0) is 23.8 Å². The first-order valence-corrected chi connectivity index (χ1v) is 8.43. The van der Waals surface area contributed by atoms with Gasteiger partial charge >= 0.3 is 11.9 Å². The van der Waals surface area contributed by atoms with E-state index in [9.17, 15) is 14.7 Å². The Hall–Kier alpha value is -2.26. The molecule has 0 saturated carbocycles. The maximum atomic E-state index is 11.5. The van der Waals surface area contributed by atoms with Gasteiger partial charge in [-0.1, -0.05) is 0 Å². The number of hydrogen-bond acceptors (Lipinski definition) is 9. The number of thioether (sulfide) groups is 1. The summed E-state index contributed by atoms with van der Waals surface area (Å²) in [5, 5.41) is 10.7. The molecule has 2 rings (SSSR count). The van der Waals surface area contributed by atoms with E-state index in [0.29, 0.717) is 22.1 Å². The second-order valence-corrected chi connectivity index (χ2v) is 5.95. The molecule has 0 aromatic heterocycles. The molecule has 25 heavy (non-hydrogen) atoms. The maximum Gasteiger partial charge on any atom is 0.331 e. The van der Waals surface area contributed by atoms with Crippen LogP contribution in [0, 0.1) is 0 Å². The van der Waals surface area contributed by atoms with E-state index in [-0.39, 0.29) is 25.6 Å². The SMILES string of the molecule is COC(=O)COCCOc1ccc(C2=NC(C(=O)OC)CS2)c(O)c1. The highest BCUT2D eigenvalue weighted by atomic mass is 32.2. The number of phenolic OH excluding ortho intramolecular Hbond substituents is 1. The molecule has 8 nitrogen and oxygen atoms in total. The lowest BCUT2D eigenvalue weighted by atomic mass is 10.2. The van der Waals surface area contributed by atoms with Gasteiger partial charge in [0.1, 0.15) is 29.8 Å². The van der Waals surface area contributed by atoms with Gasteiger partial charge in [0.15, 0.2) is 6.04 Å². The lowest BCUT2D eigenvalue weighted by Gasteiger charge is -2.09. The van der Waals surface area contributed by atoms with E-state index >= 15 is 0 Å². The van der Waals surface area contributed by atoms with Crippen molar-refractivity contribution in [2.24, 2.45) is 4.99 Å². The van der Waals surface area contributed by atoms with Gasteiger partial charge in [-0.3, -0.25) is 4.99 Å². The average molecular weight is 369 g/mol. The minimum absolute atomic E-state index is 0.00439. The number of aromatic hydroxyl groups is 1. The normalized spacial score (nSPS) is 16.2. The molecule has 136 valence electrons. The van der Waals surface area contributed by atoms with E-state index in [2.05, 4.69) is 14.5 Å². The molecular weight excluding hydrogens is 350 g/mol. The summed E-state index contributed by atoms with van der Waals surface area (Å²) in [7, 11) is 2.60. The largest absolute Gasteiger partial charge is 0.507 e. The van der Waals surface area contributed by atoms with E-state index in [1.165, 1.54) is 32.0 Å². The molecule has 0 fully saturated rings. The highest BCUT2D eigenvalue weighted by Gasteiger charge is 2.27. The molecule has 1 N–H and O–H groups in total. The third kappa shape index (κ3) is 5.36. The number of hydrogen-bond donors (Lipinski definition) is 1. The van der Waals surface area contributed by atoms with E-state index < -0.39 is 18.0 Å². The Kier molecular flexibility index (Phi) is 7.08. The Labute approximate surface area is 149 Å². The van der Waals surface area contributed by atoms with Crippen LogP contribution in [0.5, 0.6) is 11.5 Å². The van der Waals surface area contributed by atoms with E-state index in [0.717, 1.165) is 0 Å². The number of nitrogens with zero attached hydrogens (tertiary/aromatic N) is 1. The molecule has 0 aliphatic carbocycles. The molecule has 1 aromatic carbocycles. The minimum Gasteiger partial charge on any atom is -0.507 e. The summed E-state index contributed by atoms with van der Waals surface area (Å²) in [5.74, 6) is 0.0915. The summed E-state index contributed by atoms with van der Waals surface area (Å²) in [6.45, 7) is 0.291. The van der Waals surface area contributed by atoms with Crippen LogP contribution in [-0.4, -0.2) is 67.9 Å². The van der Waals surface area contributed by atoms with Crippen molar-refractivity contribution >= 4 is 28.7 Å². The van der Waals surface area contributed by atoms with Gasteiger partial charge in [-0.2, -0.15) is 0 Å². The summed E-state index contributed by atoms with van der Waals surface area (Å²) in [6.07, 6.45) is 0. The summed E-state index contributed by atoms with van der Waals surface area (Å²) in [4.78, 5) is 26.6. The smallest absolute Gasteiger partial charge is 0.331 e. The van der Waals surface area contributed by atoms with Gasteiger partial charge in [0, 0.05) is 17.4 Å². The van der Waals surface area contributed by atoms with Crippen LogP contribution in [0.25, 0.3) is 0 Å². The van der Waals surface area contributed by atoms with Gasteiger partial charge in [-0.05, 0) is 12.1 Å². The van der Waals surface area contributed by atoms with Crippen molar-refractivity contribution in [1.82, 2.24) is 0 Å². The molecule has 0 bridgehead atoms. The lowest BCUT2D eigenvalue weighted by Crippen LogP contribution is -2.19. The van der Waals surface area contributed by atoms with Gasteiger partial charge < -0.3 is 24.1 Å². The molecule has 1 aromatic rings. The molecule has 0 spiro atoms. The maximum absolute atomic E-state index is 11.5. The summed E-state index contributed by atoms with van der Waals surface area (Å²) in [5.41, 5.74) is 0.533. The Morgan fingerprint density at radius 1 is 1.28 bits per heavy atom. The third-order valence-electron chi connectivity index (χ3n) is 3.27. The number of carbonyl (C=O) groups is 2. The van der Waals surface area contributed by atoms with Crippen molar-refractivity contribution in [2.45, 2.75) is 6.04 Å². The van der Waals surface area contributed by atoms with Crippen molar-refractivity contribution in [3.63, 3.8) is 0 Å². The number of phenols is 1.